The fourth-order valence-electron chi connectivity index (χ4n) is 1.58. The van der Waals surface area contributed by atoms with Gasteiger partial charge < -0.3 is 9.67 Å². The Morgan fingerprint density at radius 2 is 2.14 bits per heavy atom. The third-order valence-electron chi connectivity index (χ3n) is 2.19. The smallest absolute Gasteiger partial charge is 0.110 e. The van der Waals surface area contributed by atoms with Crippen molar-refractivity contribution < 1.29 is 5.11 Å². The summed E-state index contributed by atoms with van der Waals surface area (Å²) >= 11 is 0. The molecule has 0 amide bonds. The average Bonchev–Trinajstić information content (AvgIpc) is 2.32. The predicted octanol–water partition coefficient (Wildman–Crippen LogP) is 1.76. The summed E-state index contributed by atoms with van der Waals surface area (Å²) in [5, 5.41) is 9.83. The van der Waals surface area contributed by atoms with Gasteiger partial charge >= 0.3 is 0 Å². The fraction of sp³-hybridized carbons (Fsp3) is 0.727. The van der Waals surface area contributed by atoms with Crippen molar-refractivity contribution in [1.29, 1.82) is 0 Å². The Bertz CT molecular complexity index is 286. The molecule has 3 heteroatoms. The summed E-state index contributed by atoms with van der Waals surface area (Å²) < 4.78 is 1.95. The van der Waals surface area contributed by atoms with Crippen LogP contribution >= 0.6 is 0 Å². The minimum Gasteiger partial charge on any atom is -0.393 e. The highest BCUT2D eigenvalue weighted by Gasteiger charge is 2.18. The van der Waals surface area contributed by atoms with Gasteiger partial charge in [-0.05, 0) is 11.8 Å². The summed E-state index contributed by atoms with van der Waals surface area (Å²) in [4.78, 5) is 4.19. The predicted molar refractivity (Wildman–Crippen MR) is 57.0 cm³/mol. The summed E-state index contributed by atoms with van der Waals surface area (Å²) in [6, 6.07) is 0. The van der Waals surface area contributed by atoms with Crippen LogP contribution in [0.5, 0.6) is 0 Å². The first-order chi connectivity index (χ1) is 6.38. The normalized spacial score (nSPS) is 14.4. The van der Waals surface area contributed by atoms with Gasteiger partial charge in [-0.25, -0.2) is 4.98 Å². The molecule has 0 fully saturated rings. The van der Waals surface area contributed by atoms with Crippen molar-refractivity contribution in [2.24, 2.45) is 12.5 Å². The minimum atomic E-state index is -0.295. The van der Waals surface area contributed by atoms with E-state index in [2.05, 4.69) is 25.8 Å². The Morgan fingerprint density at radius 3 is 2.57 bits per heavy atom. The number of imidazole rings is 1. The molecule has 0 aliphatic rings. The van der Waals surface area contributed by atoms with E-state index in [4.69, 9.17) is 0 Å². The Morgan fingerprint density at radius 1 is 1.50 bits per heavy atom. The molecule has 1 N–H and O–H groups in total. The zero-order valence-corrected chi connectivity index (χ0v) is 9.49. The van der Waals surface area contributed by atoms with Gasteiger partial charge in [-0.15, -0.1) is 0 Å². The highest BCUT2D eigenvalue weighted by atomic mass is 16.3. The van der Waals surface area contributed by atoms with Gasteiger partial charge in [-0.2, -0.15) is 0 Å². The standard InChI is InChI=1S/C11H20N2O/c1-11(2,3)8-9(14)7-10-12-5-6-13(10)4/h5-6,9,14H,7-8H2,1-4H3. The molecule has 0 aliphatic heterocycles. The van der Waals surface area contributed by atoms with Crippen molar-refractivity contribution in [1.82, 2.24) is 9.55 Å². The molecular formula is C11H20N2O. The van der Waals surface area contributed by atoms with Crippen LogP contribution in [0.1, 0.15) is 33.0 Å². The van der Waals surface area contributed by atoms with Crippen LogP contribution in [-0.4, -0.2) is 20.8 Å². The van der Waals surface area contributed by atoms with Gasteiger partial charge in [0.15, 0.2) is 0 Å². The molecule has 80 valence electrons. The molecule has 3 nitrogen and oxygen atoms in total. The van der Waals surface area contributed by atoms with E-state index in [0.717, 1.165) is 12.2 Å². The van der Waals surface area contributed by atoms with Gasteiger partial charge in [0.05, 0.1) is 6.10 Å². The molecule has 1 aromatic heterocycles. The van der Waals surface area contributed by atoms with Gasteiger partial charge in [0.2, 0.25) is 0 Å². The van der Waals surface area contributed by atoms with Crippen molar-refractivity contribution in [2.75, 3.05) is 0 Å². The van der Waals surface area contributed by atoms with Crippen molar-refractivity contribution in [3.8, 4) is 0 Å². The second-order valence-electron chi connectivity index (χ2n) is 5.08. The van der Waals surface area contributed by atoms with Crippen LogP contribution in [0.4, 0.5) is 0 Å². The highest BCUT2D eigenvalue weighted by Crippen LogP contribution is 2.21. The summed E-state index contributed by atoms with van der Waals surface area (Å²) in [7, 11) is 1.95. The molecule has 1 rings (SSSR count). The van der Waals surface area contributed by atoms with E-state index in [1.807, 2.05) is 17.8 Å². The molecule has 14 heavy (non-hydrogen) atoms. The number of nitrogens with zero attached hydrogens (tertiary/aromatic N) is 2. The van der Waals surface area contributed by atoms with E-state index in [0.29, 0.717) is 6.42 Å². The number of rotatable bonds is 3. The number of aliphatic hydroxyl groups excluding tert-OH is 1. The molecule has 1 atom stereocenters. The summed E-state index contributed by atoms with van der Waals surface area (Å²) in [5.74, 6) is 0.946. The molecule has 1 heterocycles. The number of aliphatic hydroxyl groups is 1. The van der Waals surface area contributed by atoms with Gasteiger partial charge in [-0.1, -0.05) is 20.8 Å². The SMILES string of the molecule is Cn1ccnc1CC(O)CC(C)(C)C. The first-order valence-electron chi connectivity index (χ1n) is 5.03. The lowest BCUT2D eigenvalue weighted by Crippen LogP contribution is -2.21. The Kier molecular flexibility index (Phi) is 3.32. The number of hydrogen-bond acceptors (Lipinski definition) is 2. The topological polar surface area (TPSA) is 38.0 Å². The Balaban J connectivity index is 2.50. The van der Waals surface area contributed by atoms with Gasteiger partial charge in [0, 0.05) is 25.9 Å². The molecular weight excluding hydrogens is 176 g/mol. The first kappa shape index (κ1) is 11.2. The molecule has 1 unspecified atom stereocenters. The van der Waals surface area contributed by atoms with Crippen LogP contribution in [-0.2, 0) is 13.5 Å². The molecule has 0 saturated heterocycles. The van der Waals surface area contributed by atoms with Crippen molar-refractivity contribution in [3.63, 3.8) is 0 Å². The van der Waals surface area contributed by atoms with Crippen molar-refractivity contribution in [2.45, 2.75) is 39.7 Å². The lowest BCUT2D eigenvalue weighted by atomic mass is 9.88. The highest BCUT2D eigenvalue weighted by molar-refractivity contribution is 4.93. The zero-order chi connectivity index (χ0) is 10.8. The lowest BCUT2D eigenvalue weighted by molar-refractivity contribution is 0.119. The molecule has 0 aliphatic carbocycles. The van der Waals surface area contributed by atoms with Gasteiger partial charge in [0.25, 0.3) is 0 Å². The Hall–Kier alpha value is -0.830. The fourth-order valence-corrected chi connectivity index (χ4v) is 1.58. The second-order valence-corrected chi connectivity index (χ2v) is 5.08. The molecule has 0 spiro atoms. The van der Waals surface area contributed by atoms with E-state index >= 15 is 0 Å². The monoisotopic (exact) mass is 196 g/mol. The van der Waals surface area contributed by atoms with E-state index in [1.54, 1.807) is 6.20 Å². The molecule has 0 radical (unpaired) electrons. The van der Waals surface area contributed by atoms with Crippen LogP contribution in [0, 0.1) is 5.41 Å². The molecule has 0 bridgehead atoms. The maximum absolute atomic E-state index is 9.83. The van der Waals surface area contributed by atoms with Crippen molar-refractivity contribution in [3.05, 3.63) is 18.2 Å². The maximum Gasteiger partial charge on any atom is 0.110 e. The minimum absolute atomic E-state index is 0.171. The Labute approximate surface area is 85.8 Å². The zero-order valence-electron chi connectivity index (χ0n) is 9.49. The van der Waals surface area contributed by atoms with Crippen LogP contribution in [0.3, 0.4) is 0 Å². The molecule has 1 aromatic rings. The average molecular weight is 196 g/mol. The molecule has 0 saturated carbocycles. The largest absolute Gasteiger partial charge is 0.393 e. The third-order valence-corrected chi connectivity index (χ3v) is 2.19. The summed E-state index contributed by atoms with van der Waals surface area (Å²) in [5.41, 5.74) is 0.171. The summed E-state index contributed by atoms with van der Waals surface area (Å²) in [6.07, 6.45) is 4.81. The van der Waals surface area contributed by atoms with E-state index < -0.39 is 0 Å². The number of aryl methyl sites for hydroxylation is 1. The van der Waals surface area contributed by atoms with Crippen LogP contribution < -0.4 is 0 Å². The maximum atomic E-state index is 9.83. The number of aromatic nitrogens is 2. The summed E-state index contributed by atoms with van der Waals surface area (Å²) in [6.45, 7) is 6.40. The van der Waals surface area contributed by atoms with Crippen molar-refractivity contribution >= 4 is 0 Å². The number of hydrogen-bond donors (Lipinski definition) is 1. The van der Waals surface area contributed by atoms with E-state index in [-0.39, 0.29) is 11.5 Å². The quantitative estimate of drug-likeness (QED) is 0.800. The van der Waals surface area contributed by atoms with E-state index in [9.17, 15) is 5.11 Å². The van der Waals surface area contributed by atoms with Crippen LogP contribution in [0.15, 0.2) is 12.4 Å². The van der Waals surface area contributed by atoms with E-state index in [1.165, 1.54) is 0 Å². The third kappa shape index (κ3) is 3.50. The van der Waals surface area contributed by atoms with Gasteiger partial charge in [-0.3, -0.25) is 0 Å². The first-order valence-corrected chi connectivity index (χ1v) is 5.03. The van der Waals surface area contributed by atoms with Crippen LogP contribution in [0.25, 0.3) is 0 Å². The second kappa shape index (κ2) is 4.13. The molecule has 0 aromatic carbocycles. The van der Waals surface area contributed by atoms with Crippen LogP contribution in [0.2, 0.25) is 0 Å². The van der Waals surface area contributed by atoms with Gasteiger partial charge in [0.1, 0.15) is 5.82 Å². The lowest BCUT2D eigenvalue weighted by Gasteiger charge is -2.22.